The van der Waals surface area contributed by atoms with Gasteiger partial charge in [0.25, 0.3) is 0 Å². The van der Waals surface area contributed by atoms with E-state index in [4.69, 9.17) is 0 Å². The number of hydrogen-bond donors (Lipinski definition) is 1. The SMILES string of the molecule is CCCCC1NC(CC(C)C)N(CCC2CCC2)C1=O. The molecular formula is C17H32N2O. The highest BCUT2D eigenvalue weighted by molar-refractivity contribution is 5.84. The van der Waals surface area contributed by atoms with Gasteiger partial charge in [0.05, 0.1) is 12.2 Å². The average molecular weight is 280 g/mol. The molecule has 2 unspecified atom stereocenters. The number of carbonyl (C=O) groups is 1. The summed E-state index contributed by atoms with van der Waals surface area (Å²) in [5.74, 6) is 1.89. The van der Waals surface area contributed by atoms with Crippen molar-refractivity contribution in [2.75, 3.05) is 6.54 Å². The molecule has 0 radical (unpaired) electrons. The van der Waals surface area contributed by atoms with Gasteiger partial charge in [-0.25, -0.2) is 0 Å². The summed E-state index contributed by atoms with van der Waals surface area (Å²) in [4.78, 5) is 14.7. The van der Waals surface area contributed by atoms with E-state index < -0.39 is 0 Å². The van der Waals surface area contributed by atoms with Gasteiger partial charge in [-0.15, -0.1) is 0 Å². The first kappa shape index (κ1) is 15.8. The smallest absolute Gasteiger partial charge is 0.241 e. The van der Waals surface area contributed by atoms with Crippen LogP contribution in [0.4, 0.5) is 0 Å². The molecule has 2 fully saturated rings. The third-order valence-electron chi connectivity index (χ3n) is 4.89. The van der Waals surface area contributed by atoms with Crippen LogP contribution in [0.15, 0.2) is 0 Å². The minimum Gasteiger partial charge on any atom is -0.326 e. The van der Waals surface area contributed by atoms with E-state index in [1.165, 1.54) is 32.1 Å². The van der Waals surface area contributed by atoms with Gasteiger partial charge in [0.2, 0.25) is 5.91 Å². The number of carbonyl (C=O) groups excluding carboxylic acids is 1. The standard InChI is InChI=1S/C17H32N2O/c1-4-5-9-15-17(20)19(11-10-14-7-6-8-14)16(18-15)12-13(2)3/h13-16,18H,4-12H2,1-3H3. The third kappa shape index (κ3) is 3.97. The lowest BCUT2D eigenvalue weighted by Crippen LogP contribution is -2.39. The first-order valence-corrected chi connectivity index (χ1v) is 8.68. The number of unbranched alkanes of at least 4 members (excludes halogenated alkanes) is 1. The second kappa shape index (κ2) is 7.44. The Bertz CT molecular complexity index is 312. The molecule has 0 aromatic rings. The van der Waals surface area contributed by atoms with E-state index in [0.717, 1.165) is 31.7 Å². The largest absolute Gasteiger partial charge is 0.326 e. The first-order chi connectivity index (χ1) is 9.61. The second-order valence-corrected chi connectivity index (χ2v) is 7.12. The van der Waals surface area contributed by atoms with E-state index >= 15 is 0 Å². The quantitative estimate of drug-likeness (QED) is 0.737. The molecule has 1 N–H and O–H groups in total. The van der Waals surface area contributed by atoms with Crippen LogP contribution in [0.1, 0.15) is 72.1 Å². The summed E-state index contributed by atoms with van der Waals surface area (Å²) in [5.41, 5.74) is 0. The maximum atomic E-state index is 12.6. The zero-order valence-corrected chi connectivity index (χ0v) is 13.5. The maximum absolute atomic E-state index is 12.6. The topological polar surface area (TPSA) is 32.3 Å². The van der Waals surface area contributed by atoms with Crippen molar-refractivity contribution in [2.45, 2.75) is 84.3 Å². The molecule has 1 aliphatic carbocycles. The fourth-order valence-electron chi connectivity index (χ4n) is 3.37. The van der Waals surface area contributed by atoms with Crippen LogP contribution in [0.25, 0.3) is 0 Å². The molecule has 3 nitrogen and oxygen atoms in total. The highest BCUT2D eigenvalue weighted by Gasteiger charge is 2.38. The molecule has 0 aromatic heterocycles. The van der Waals surface area contributed by atoms with Crippen LogP contribution in [-0.2, 0) is 4.79 Å². The third-order valence-corrected chi connectivity index (χ3v) is 4.89. The molecular weight excluding hydrogens is 248 g/mol. The lowest BCUT2D eigenvalue weighted by atomic mass is 9.83. The lowest BCUT2D eigenvalue weighted by molar-refractivity contribution is -0.130. The molecule has 3 heteroatoms. The van der Waals surface area contributed by atoms with Crippen LogP contribution in [0.5, 0.6) is 0 Å². The van der Waals surface area contributed by atoms with Crippen molar-refractivity contribution in [3.8, 4) is 0 Å². The maximum Gasteiger partial charge on any atom is 0.241 e. The molecule has 1 saturated carbocycles. The van der Waals surface area contributed by atoms with Crippen molar-refractivity contribution in [2.24, 2.45) is 11.8 Å². The van der Waals surface area contributed by atoms with E-state index in [1.807, 2.05) is 0 Å². The molecule has 1 saturated heterocycles. The highest BCUT2D eigenvalue weighted by Crippen LogP contribution is 2.30. The molecule has 0 spiro atoms. The zero-order valence-electron chi connectivity index (χ0n) is 13.5. The molecule has 20 heavy (non-hydrogen) atoms. The van der Waals surface area contributed by atoms with E-state index in [9.17, 15) is 4.79 Å². The Morgan fingerprint density at radius 2 is 2.05 bits per heavy atom. The Morgan fingerprint density at radius 3 is 2.60 bits per heavy atom. The summed E-state index contributed by atoms with van der Waals surface area (Å²) in [6.45, 7) is 7.65. The molecule has 1 amide bonds. The fraction of sp³-hybridized carbons (Fsp3) is 0.941. The van der Waals surface area contributed by atoms with Crippen molar-refractivity contribution >= 4 is 5.91 Å². The van der Waals surface area contributed by atoms with Crippen LogP contribution in [-0.4, -0.2) is 29.6 Å². The molecule has 2 rings (SSSR count). The molecule has 2 aliphatic rings. The fourth-order valence-corrected chi connectivity index (χ4v) is 3.37. The monoisotopic (exact) mass is 280 g/mol. The van der Waals surface area contributed by atoms with Gasteiger partial charge < -0.3 is 4.90 Å². The number of nitrogens with zero attached hydrogens (tertiary/aromatic N) is 1. The number of nitrogens with one attached hydrogen (secondary N) is 1. The number of hydrogen-bond acceptors (Lipinski definition) is 2. The summed E-state index contributed by atoms with van der Waals surface area (Å²) in [6.07, 6.45) is 10.0. The molecule has 1 aliphatic heterocycles. The van der Waals surface area contributed by atoms with E-state index in [0.29, 0.717) is 11.8 Å². The molecule has 0 aromatic carbocycles. The lowest BCUT2D eigenvalue weighted by Gasteiger charge is -2.30. The Morgan fingerprint density at radius 1 is 1.30 bits per heavy atom. The summed E-state index contributed by atoms with van der Waals surface area (Å²) in [7, 11) is 0. The molecule has 1 heterocycles. The van der Waals surface area contributed by atoms with Crippen molar-refractivity contribution < 1.29 is 4.79 Å². The predicted molar refractivity (Wildman–Crippen MR) is 83.4 cm³/mol. The van der Waals surface area contributed by atoms with Crippen LogP contribution >= 0.6 is 0 Å². The normalized spacial score (nSPS) is 27.4. The van der Waals surface area contributed by atoms with Crippen LogP contribution in [0.3, 0.4) is 0 Å². The van der Waals surface area contributed by atoms with Crippen molar-refractivity contribution in [1.29, 1.82) is 0 Å². The average Bonchev–Trinajstić information content (AvgIpc) is 2.62. The van der Waals surface area contributed by atoms with Gasteiger partial charge in [-0.3, -0.25) is 10.1 Å². The van der Waals surface area contributed by atoms with Crippen LogP contribution < -0.4 is 5.32 Å². The van der Waals surface area contributed by atoms with Crippen LogP contribution in [0, 0.1) is 11.8 Å². The van der Waals surface area contributed by atoms with E-state index in [2.05, 4.69) is 31.0 Å². The van der Waals surface area contributed by atoms with Gasteiger partial charge >= 0.3 is 0 Å². The molecule has 116 valence electrons. The zero-order chi connectivity index (χ0) is 14.5. The van der Waals surface area contributed by atoms with E-state index in [1.54, 1.807) is 0 Å². The summed E-state index contributed by atoms with van der Waals surface area (Å²) in [6, 6.07) is 0.0834. The Labute approximate surface area is 124 Å². The van der Waals surface area contributed by atoms with Crippen molar-refractivity contribution in [3.05, 3.63) is 0 Å². The summed E-state index contributed by atoms with van der Waals surface area (Å²) in [5, 5.41) is 3.59. The van der Waals surface area contributed by atoms with Crippen LogP contribution in [0.2, 0.25) is 0 Å². The Hall–Kier alpha value is -0.570. The first-order valence-electron chi connectivity index (χ1n) is 8.68. The number of rotatable bonds is 8. The van der Waals surface area contributed by atoms with E-state index in [-0.39, 0.29) is 12.2 Å². The molecule has 2 atom stereocenters. The minimum absolute atomic E-state index is 0.0834. The van der Waals surface area contributed by atoms with Gasteiger partial charge in [-0.05, 0) is 31.1 Å². The highest BCUT2D eigenvalue weighted by atomic mass is 16.2. The summed E-state index contributed by atoms with van der Waals surface area (Å²) < 4.78 is 0. The van der Waals surface area contributed by atoms with Crippen molar-refractivity contribution in [1.82, 2.24) is 10.2 Å². The minimum atomic E-state index is 0.0834. The van der Waals surface area contributed by atoms with Gasteiger partial charge in [0, 0.05) is 6.54 Å². The van der Waals surface area contributed by atoms with Gasteiger partial charge in [0.15, 0.2) is 0 Å². The predicted octanol–water partition coefficient (Wildman–Crippen LogP) is 3.54. The Balaban J connectivity index is 1.89. The van der Waals surface area contributed by atoms with Gasteiger partial charge in [0.1, 0.15) is 0 Å². The second-order valence-electron chi connectivity index (χ2n) is 7.12. The van der Waals surface area contributed by atoms with Crippen molar-refractivity contribution in [3.63, 3.8) is 0 Å². The summed E-state index contributed by atoms with van der Waals surface area (Å²) >= 11 is 0. The molecule has 0 bridgehead atoms. The van der Waals surface area contributed by atoms with Gasteiger partial charge in [-0.1, -0.05) is 52.9 Å². The number of amides is 1. The van der Waals surface area contributed by atoms with Gasteiger partial charge in [-0.2, -0.15) is 0 Å². The Kier molecular flexibility index (Phi) is 5.88.